The third kappa shape index (κ3) is 4.50. The third-order valence-corrected chi connectivity index (χ3v) is 2.93. The average Bonchev–Trinajstić information content (AvgIpc) is 2.82. The molecule has 0 atom stereocenters. The van der Waals surface area contributed by atoms with E-state index >= 15 is 0 Å². The fourth-order valence-corrected chi connectivity index (χ4v) is 1.99. The molecule has 0 aliphatic carbocycles. The normalized spacial score (nSPS) is 10.8. The lowest BCUT2D eigenvalue weighted by molar-refractivity contribution is 0.199. The van der Waals surface area contributed by atoms with Gasteiger partial charge in [-0.25, -0.2) is 0 Å². The zero-order chi connectivity index (χ0) is 13.5. The van der Waals surface area contributed by atoms with E-state index in [0.29, 0.717) is 0 Å². The number of rotatable bonds is 7. The van der Waals surface area contributed by atoms with Crippen molar-refractivity contribution in [2.75, 3.05) is 20.3 Å². The van der Waals surface area contributed by atoms with Crippen molar-refractivity contribution in [3.05, 3.63) is 53.3 Å². The maximum absolute atomic E-state index is 4.99. The van der Waals surface area contributed by atoms with Crippen LogP contribution in [-0.2, 0) is 17.8 Å². The van der Waals surface area contributed by atoms with E-state index < -0.39 is 0 Å². The van der Waals surface area contributed by atoms with Gasteiger partial charge in [-0.05, 0) is 12.5 Å². The topological polar surface area (TPSA) is 39.1 Å². The molecule has 2 aromatic rings. The molecule has 0 fully saturated rings. The Bertz CT molecular complexity index is 508. The molecular formula is C15H21N3O. The van der Waals surface area contributed by atoms with Gasteiger partial charge in [-0.15, -0.1) is 0 Å². The van der Waals surface area contributed by atoms with Crippen molar-refractivity contribution in [3.8, 4) is 0 Å². The highest BCUT2D eigenvalue weighted by atomic mass is 16.5. The summed E-state index contributed by atoms with van der Waals surface area (Å²) in [6.07, 6.45) is 4.00. The first-order valence-electron chi connectivity index (χ1n) is 6.54. The summed E-state index contributed by atoms with van der Waals surface area (Å²) >= 11 is 0. The van der Waals surface area contributed by atoms with E-state index in [-0.39, 0.29) is 0 Å². The van der Waals surface area contributed by atoms with Crippen molar-refractivity contribution in [1.29, 1.82) is 0 Å². The summed E-state index contributed by atoms with van der Waals surface area (Å²) in [7, 11) is 1.71. The Morgan fingerprint density at radius 1 is 1.32 bits per heavy atom. The number of benzene rings is 1. The lowest BCUT2D eigenvalue weighted by Crippen LogP contribution is -2.18. The van der Waals surface area contributed by atoms with Crippen LogP contribution in [0.5, 0.6) is 0 Å². The van der Waals surface area contributed by atoms with Gasteiger partial charge in [0.05, 0.1) is 19.3 Å². The number of nitrogens with one attached hydrogen (secondary N) is 1. The average molecular weight is 259 g/mol. The Kier molecular flexibility index (Phi) is 5.12. The van der Waals surface area contributed by atoms with Gasteiger partial charge in [-0.3, -0.25) is 4.68 Å². The molecule has 1 heterocycles. The largest absolute Gasteiger partial charge is 0.383 e. The summed E-state index contributed by atoms with van der Waals surface area (Å²) in [4.78, 5) is 0. The van der Waals surface area contributed by atoms with E-state index in [9.17, 15) is 0 Å². The standard InChI is InChI=1S/C15H21N3O/c1-13-4-3-5-14(8-13)11-18-12-15(10-17-18)9-16-6-7-19-2/h3-5,8,10,12,16H,6-7,9,11H2,1-2H3. The van der Waals surface area contributed by atoms with Crippen molar-refractivity contribution in [2.45, 2.75) is 20.0 Å². The number of hydrogen-bond acceptors (Lipinski definition) is 3. The SMILES string of the molecule is COCCNCc1cnn(Cc2cccc(C)c2)c1. The number of aromatic nitrogens is 2. The smallest absolute Gasteiger partial charge is 0.0659 e. The Morgan fingerprint density at radius 2 is 2.21 bits per heavy atom. The van der Waals surface area contributed by atoms with Gasteiger partial charge in [0, 0.05) is 32.0 Å². The molecule has 0 aliphatic rings. The predicted molar refractivity (Wildman–Crippen MR) is 76.1 cm³/mol. The second-order valence-electron chi connectivity index (χ2n) is 4.70. The minimum atomic E-state index is 0.734. The van der Waals surface area contributed by atoms with Gasteiger partial charge >= 0.3 is 0 Å². The van der Waals surface area contributed by atoms with Crippen LogP contribution in [0.25, 0.3) is 0 Å². The fraction of sp³-hybridized carbons (Fsp3) is 0.400. The molecule has 0 radical (unpaired) electrons. The molecule has 102 valence electrons. The molecule has 1 N–H and O–H groups in total. The van der Waals surface area contributed by atoms with Gasteiger partial charge in [-0.2, -0.15) is 5.10 Å². The van der Waals surface area contributed by atoms with Gasteiger partial charge in [0.1, 0.15) is 0 Å². The molecule has 1 aromatic heterocycles. The van der Waals surface area contributed by atoms with Gasteiger partial charge in [0.2, 0.25) is 0 Å². The molecule has 0 spiro atoms. The molecule has 0 saturated carbocycles. The summed E-state index contributed by atoms with van der Waals surface area (Å²) in [6.45, 7) is 5.35. The molecule has 1 aromatic carbocycles. The second kappa shape index (κ2) is 7.07. The van der Waals surface area contributed by atoms with E-state index in [1.54, 1.807) is 7.11 Å². The minimum Gasteiger partial charge on any atom is -0.383 e. The van der Waals surface area contributed by atoms with Crippen molar-refractivity contribution >= 4 is 0 Å². The first-order chi connectivity index (χ1) is 9.28. The van der Waals surface area contributed by atoms with Crippen molar-refractivity contribution in [2.24, 2.45) is 0 Å². The monoisotopic (exact) mass is 259 g/mol. The zero-order valence-corrected chi connectivity index (χ0v) is 11.6. The van der Waals surface area contributed by atoms with Crippen LogP contribution < -0.4 is 5.32 Å². The molecule has 0 amide bonds. The summed E-state index contributed by atoms with van der Waals surface area (Å²) < 4.78 is 6.97. The van der Waals surface area contributed by atoms with Gasteiger partial charge in [0.25, 0.3) is 0 Å². The van der Waals surface area contributed by atoms with E-state index in [1.807, 2.05) is 10.9 Å². The van der Waals surface area contributed by atoms with E-state index in [1.165, 1.54) is 16.7 Å². The molecule has 0 saturated heterocycles. The van der Waals surface area contributed by atoms with Crippen molar-refractivity contribution < 1.29 is 4.74 Å². The quantitative estimate of drug-likeness (QED) is 0.773. The Balaban J connectivity index is 1.87. The summed E-state index contributed by atoms with van der Waals surface area (Å²) in [5.74, 6) is 0. The van der Waals surface area contributed by atoms with Crippen LogP contribution in [0.4, 0.5) is 0 Å². The van der Waals surface area contributed by atoms with Gasteiger partial charge < -0.3 is 10.1 Å². The van der Waals surface area contributed by atoms with Crippen LogP contribution in [0.15, 0.2) is 36.7 Å². The van der Waals surface area contributed by atoms with E-state index in [2.05, 4.69) is 47.8 Å². The van der Waals surface area contributed by atoms with Crippen molar-refractivity contribution in [3.63, 3.8) is 0 Å². The first kappa shape index (κ1) is 13.8. The van der Waals surface area contributed by atoms with Gasteiger partial charge in [-0.1, -0.05) is 29.8 Å². The number of hydrogen-bond donors (Lipinski definition) is 1. The van der Waals surface area contributed by atoms with Crippen LogP contribution in [0, 0.1) is 6.92 Å². The fourth-order valence-electron chi connectivity index (χ4n) is 1.99. The van der Waals surface area contributed by atoms with E-state index in [4.69, 9.17) is 4.74 Å². The van der Waals surface area contributed by atoms with Gasteiger partial charge in [0.15, 0.2) is 0 Å². The Hall–Kier alpha value is -1.65. The number of methoxy groups -OCH3 is 1. The summed E-state index contributed by atoms with van der Waals surface area (Å²) in [6, 6.07) is 8.52. The van der Waals surface area contributed by atoms with Crippen LogP contribution in [0.3, 0.4) is 0 Å². The highest BCUT2D eigenvalue weighted by Gasteiger charge is 2.00. The summed E-state index contributed by atoms with van der Waals surface area (Å²) in [5.41, 5.74) is 3.76. The first-order valence-corrected chi connectivity index (χ1v) is 6.54. The zero-order valence-electron chi connectivity index (χ0n) is 11.6. The highest BCUT2D eigenvalue weighted by Crippen LogP contribution is 2.06. The molecule has 4 heteroatoms. The molecule has 4 nitrogen and oxygen atoms in total. The molecular weight excluding hydrogens is 238 g/mol. The second-order valence-corrected chi connectivity index (χ2v) is 4.70. The predicted octanol–water partition coefficient (Wildman–Crippen LogP) is 1.98. The number of ether oxygens (including phenoxy) is 1. The molecule has 2 rings (SSSR count). The van der Waals surface area contributed by atoms with E-state index in [0.717, 1.165) is 26.2 Å². The number of nitrogens with zero attached hydrogens (tertiary/aromatic N) is 2. The molecule has 0 aliphatic heterocycles. The highest BCUT2D eigenvalue weighted by molar-refractivity contribution is 5.22. The van der Waals surface area contributed by atoms with Crippen molar-refractivity contribution in [1.82, 2.24) is 15.1 Å². The molecule has 0 unspecified atom stereocenters. The van der Waals surface area contributed by atoms with Crippen LogP contribution in [0.1, 0.15) is 16.7 Å². The minimum absolute atomic E-state index is 0.734. The maximum atomic E-state index is 4.99. The Labute approximate surface area is 114 Å². The number of aryl methyl sites for hydroxylation is 1. The van der Waals surface area contributed by atoms with Crippen LogP contribution >= 0.6 is 0 Å². The lowest BCUT2D eigenvalue weighted by Gasteiger charge is -2.03. The molecule has 0 bridgehead atoms. The summed E-state index contributed by atoms with van der Waals surface area (Å²) in [5, 5.41) is 7.70. The lowest BCUT2D eigenvalue weighted by atomic mass is 10.1. The maximum Gasteiger partial charge on any atom is 0.0659 e. The third-order valence-electron chi connectivity index (χ3n) is 2.93. The van der Waals surface area contributed by atoms with Crippen LogP contribution in [-0.4, -0.2) is 30.0 Å². The molecule has 19 heavy (non-hydrogen) atoms. The Morgan fingerprint density at radius 3 is 3.00 bits per heavy atom. The van der Waals surface area contributed by atoms with Crippen LogP contribution in [0.2, 0.25) is 0 Å².